The van der Waals surface area contributed by atoms with Crippen LogP contribution in [0.2, 0.25) is 0 Å². The molecule has 302 valence electrons. The Balaban J connectivity index is 1.17. The zero-order valence-corrected chi connectivity index (χ0v) is 31.6. The molecule has 0 fully saturated rings. The van der Waals surface area contributed by atoms with Gasteiger partial charge in [0, 0.05) is 22.5 Å². The maximum Gasteiger partial charge on any atom is 0.335 e. The summed E-state index contributed by atoms with van der Waals surface area (Å²) >= 11 is 0. The number of carboxylic acids is 1. The van der Waals surface area contributed by atoms with Crippen LogP contribution in [0.1, 0.15) is 53.9 Å². The van der Waals surface area contributed by atoms with Gasteiger partial charge in [-0.3, -0.25) is 24.0 Å². The molecule has 0 bridgehead atoms. The third-order valence-corrected chi connectivity index (χ3v) is 8.52. The number of phenolic OH excluding ortho intramolecular Hbond substituents is 3. The van der Waals surface area contributed by atoms with Gasteiger partial charge in [0.1, 0.15) is 5.75 Å². The van der Waals surface area contributed by atoms with Gasteiger partial charge >= 0.3 is 5.97 Å². The van der Waals surface area contributed by atoms with E-state index in [1.54, 1.807) is 25.1 Å². The first-order valence-electron chi connectivity index (χ1n) is 17.4. The molecule has 5 aromatic carbocycles. The second kappa shape index (κ2) is 18.5. The number of phenols is 3. The van der Waals surface area contributed by atoms with Crippen molar-refractivity contribution in [2.24, 2.45) is 0 Å². The van der Waals surface area contributed by atoms with Gasteiger partial charge in [0.25, 0.3) is 23.6 Å². The second-order valence-corrected chi connectivity index (χ2v) is 12.6. The van der Waals surface area contributed by atoms with Crippen LogP contribution in [0.5, 0.6) is 28.7 Å². The fourth-order valence-corrected chi connectivity index (χ4v) is 5.48. The van der Waals surface area contributed by atoms with E-state index in [1.807, 2.05) is 0 Å². The van der Waals surface area contributed by atoms with Crippen molar-refractivity contribution in [1.29, 1.82) is 0 Å². The highest BCUT2D eigenvalue weighted by Crippen LogP contribution is 2.40. The van der Waals surface area contributed by atoms with E-state index in [4.69, 9.17) is 14.6 Å². The summed E-state index contributed by atoms with van der Waals surface area (Å²) in [5.41, 5.74) is 1.39. The van der Waals surface area contributed by atoms with E-state index >= 15 is 0 Å². The van der Waals surface area contributed by atoms with Gasteiger partial charge in [0.05, 0.1) is 48.8 Å². The number of aromatic hydroxyl groups is 3. The number of aromatic carboxylic acids is 1. The van der Waals surface area contributed by atoms with Crippen molar-refractivity contribution in [3.05, 3.63) is 130 Å². The molecular weight excluding hydrogens is 766 g/mol. The zero-order valence-electron chi connectivity index (χ0n) is 31.6. The first-order chi connectivity index (χ1) is 28.2. The van der Waals surface area contributed by atoms with Crippen LogP contribution in [0.15, 0.2) is 103 Å². The van der Waals surface area contributed by atoms with E-state index in [-0.39, 0.29) is 62.5 Å². The van der Waals surface area contributed by atoms with Crippen LogP contribution in [0.25, 0.3) is 6.08 Å². The van der Waals surface area contributed by atoms with E-state index in [9.17, 15) is 44.1 Å². The minimum atomic E-state index is -1.14. The maximum atomic E-state index is 13.3. The Kier molecular flexibility index (Phi) is 13.1. The molecule has 0 radical (unpaired) electrons. The lowest BCUT2D eigenvalue weighted by Gasteiger charge is -2.17. The molecule has 0 aliphatic carbocycles. The van der Waals surface area contributed by atoms with Crippen molar-refractivity contribution in [3.8, 4) is 28.7 Å². The van der Waals surface area contributed by atoms with Crippen LogP contribution in [0, 0.1) is 0 Å². The van der Waals surface area contributed by atoms with Crippen molar-refractivity contribution in [1.82, 2.24) is 5.32 Å². The smallest absolute Gasteiger partial charge is 0.335 e. The number of carbonyl (C=O) groups is 6. The van der Waals surface area contributed by atoms with Crippen LogP contribution in [-0.2, 0) is 9.59 Å². The molecule has 0 aliphatic rings. The summed E-state index contributed by atoms with van der Waals surface area (Å²) in [6.45, 7) is 1.14. The van der Waals surface area contributed by atoms with Crippen molar-refractivity contribution in [2.75, 3.05) is 42.0 Å². The standard InChI is InChI=1S/C42H37N5O12/c1-22(20-23-4-14-28(48)15-5-23)38(52)44-26-10-6-24(7-11-26)39(53)43-21-33(49)46-31-18-16-30(35(51)36(31)58-2)41(55)47-32-19-17-29(34(50)37(32)59-3)40(54)45-27-12-8-25(9-13-27)42(56)57/h4-20,48,50-51H,21H2,1-3H3,(H,43,53)(H,44,52)(H,45,54)(H,46,49)(H,47,55)(H,56,57)/b22-20+. The number of methoxy groups -OCH3 is 2. The molecule has 9 N–H and O–H groups in total. The predicted octanol–water partition coefficient (Wildman–Crippen LogP) is 5.43. The fraction of sp³-hybridized carbons (Fsp3) is 0.0952. The fourth-order valence-electron chi connectivity index (χ4n) is 5.48. The number of carbonyl (C=O) groups excluding carboxylic acids is 5. The van der Waals surface area contributed by atoms with Crippen LogP contribution in [-0.4, -0.2) is 76.7 Å². The molecule has 0 spiro atoms. The van der Waals surface area contributed by atoms with E-state index < -0.39 is 47.6 Å². The molecule has 5 aromatic rings. The first kappa shape index (κ1) is 41.8. The maximum absolute atomic E-state index is 13.3. The van der Waals surface area contributed by atoms with Crippen molar-refractivity contribution in [2.45, 2.75) is 6.92 Å². The summed E-state index contributed by atoms with van der Waals surface area (Å²) in [5, 5.41) is 53.0. The highest BCUT2D eigenvalue weighted by molar-refractivity contribution is 6.11. The molecular formula is C42H37N5O12. The van der Waals surface area contributed by atoms with Crippen LogP contribution < -0.4 is 36.1 Å². The van der Waals surface area contributed by atoms with Crippen LogP contribution >= 0.6 is 0 Å². The quantitative estimate of drug-likeness (QED) is 0.0637. The van der Waals surface area contributed by atoms with Crippen molar-refractivity contribution < 1.29 is 58.7 Å². The predicted molar refractivity (Wildman–Crippen MR) is 216 cm³/mol. The molecule has 0 saturated heterocycles. The Morgan fingerprint density at radius 2 is 1.07 bits per heavy atom. The SMILES string of the molecule is COc1c(NC(=O)CNC(=O)c2ccc(NC(=O)/C(C)=C/c3ccc(O)cc3)cc2)ccc(C(=O)Nc2ccc(C(=O)Nc3ccc(C(=O)O)cc3)c(O)c2OC)c1O. The van der Waals surface area contributed by atoms with Gasteiger partial charge in [-0.1, -0.05) is 12.1 Å². The van der Waals surface area contributed by atoms with Gasteiger partial charge in [-0.2, -0.15) is 0 Å². The number of benzene rings is 5. The molecule has 0 atom stereocenters. The summed E-state index contributed by atoms with van der Waals surface area (Å²) in [7, 11) is 2.39. The number of anilines is 4. The highest BCUT2D eigenvalue weighted by Gasteiger charge is 2.24. The van der Waals surface area contributed by atoms with Gasteiger partial charge in [-0.25, -0.2) is 4.79 Å². The molecule has 59 heavy (non-hydrogen) atoms. The Morgan fingerprint density at radius 1 is 0.576 bits per heavy atom. The van der Waals surface area contributed by atoms with Gasteiger partial charge in [0.2, 0.25) is 5.91 Å². The molecule has 0 unspecified atom stereocenters. The number of hydrogen-bond donors (Lipinski definition) is 9. The molecule has 17 nitrogen and oxygen atoms in total. The lowest BCUT2D eigenvalue weighted by atomic mass is 10.1. The summed E-state index contributed by atoms with van der Waals surface area (Å²) in [6, 6.07) is 22.6. The number of nitrogens with one attached hydrogen (secondary N) is 5. The Hall–Kier alpha value is -8.34. The minimum Gasteiger partial charge on any atom is -0.508 e. The third-order valence-electron chi connectivity index (χ3n) is 8.52. The number of hydrogen-bond acceptors (Lipinski definition) is 11. The highest BCUT2D eigenvalue weighted by atomic mass is 16.5. The lowest BCUT2D eigenvalue weighted by Crippen LogP contribution is -2.33. The van der Waals surface area contributed by atoms with E-state index in [0.29, 0.717) is 11.3 Å². The van der Waals surface area contributed by atoms with Crippen molar-refractivity contribution >= 4 is 64.3 Å². The number of carboxylic acid groups (broad SMARTS) is 1. The largest absolute Gasteiger partial charge is 0.508 e. The average Bonchev–Trinajstić information content (AvgIpc) is 3.21. The topological polar surface area (TPSA) is 262 Å². The average molecular weight is 804 g/mol. The molecule has 0 aromatic heterocycles. The summed E-state index contributed by atoms with van der Waals surface area (Å²) < 4.78 is 10.5. The van der Waals surface area contributed by atoms with E-state index in [2.05, 4.69) is 26.6 Å². The number of amides is 5. The van der Waals surface area contributed by atoms with Gasteiger partial charge in [0.15, 0.2) is 23.0 Å². The van der Waals surface area contributed by atoms with Gasteiger partial charge < -0.3 is 56.5 Å². The molecule has 5 rings (SSSR count). The Bertz CT molecular complexity index is 2460. The summed E-state index contributed by atoms with van der Waals surface area (Å²) in [4.78, 5) is 75.5. The number of ether oxygens (including phenoxy) is 2. The number of rotatable bonds is 14. The molecule has 5 amide bonds. The van der Waals surface area contributed by atoms with Crippen LogP contribution in [0.3, 0.4) is 0 Å². The molecule has 0 aliphatic heterocycles. The normalized spacial score (nSPS) is 10.8. The molecule has 0 saturated carbocycles. The van der Waals surface area contributed by atoms with Crippen LogP contribution in [0.4, 0.5) is 22.7 Å². The monoisotopic (exact) mass is 803 g/mol. The van der Waals surface area contributed by atoms with E-state index in [0.717, 1.165) is 5.56 Å². The minimum absolute atomic E-state index is 0.00993. The Labute approximate surface area is 335 Å². The van der Waals surface area contributed by atoms with Gasteiger partial charge in [-0.15, -0.1) is 0 Å². The van der Waals surface area contributed by atoms with E-state index in [1.165, 1.54) is 99.1 Å². The molecule has 0 heterocycles. The second-order valence-electron chi connectivity index (χ2n) is 12.6. The lowest BCUT2D eigenvalue weighted by molar-refractivity contribution is -0.115. The van der Waals surface area contributed by atoms with Gasteiger partial charge in [-0.05, 0) is 103 Å². The zero-order chi connectivity index (χ0) is 42.8. The summed E-state index contributed by atoms with van der Waals surface area (Å²) in [6.07, 6.45) is 1.65. The molecule has 17 heteroatoms. The Morgan fingerprint density at radius 3 is 1.59 bits per heavy atom. The third kappa shape index (κ3) is 10.3. The van der Waals surface area contributed by atoms with Crippen molar-refractivity contribution in [3.63, 3.8) is 0 Å². The summed E-state index contributed by atoms with van der Waals surface area (Å²) in [5.74, 6) is -6.17. The first-order valence-corrected chi connectivity index (χ1v) is 17.4.